The van der Waals surface area contributed by atoms with Gasteiger partial charge in [0.2, 0.25) is 0 Å². The quantitative estimate of drug-likeness (QED) is 0.301. The second-order valence-electron chi connectivity index (χ2n) is 8.62. The smallest absolute Gasteiger partial charge is 0.253 e. The Bertz CT molecular complexity index is 725. The van der Waals surface area contributed by atoms with Crippen molar-refractivity contribution in [1.82, 2.24) is 10.6 Å². The van der Waals surface area contributed by atoms with Crippen molar-refractivity contribution in [3.8, 4) is 0 Å². The first-order valence-electron chi connectivity index (χ1n) is 11.7. The predicted octanol–water partition coefficient (Wildman–Crippen LogP) is 3.46. The highest BCUT2D eigenvalue weighted by Gasteiger charge is 2.33. The summed E-state index contributed by atoms with van der Waals surface area (Å²) in [6.07, 6.45) is 7.59. The van der Waals surface area contributed by atoms with Crippen molar-refractivity contribution in [2.24, 2.45) is 10.4 Å². The number of nitrogens with zero attached hydrogens (tertiary/aromatic N) is 1. The van der Waals surface area contributed by atoms with Gasteiger partial charge in [-0.2, -0.15) is 0 Å². The fraction of sp³-hybridized carbons (Fsp3) is 0.667. The number of amides is 1. The summed E-state index contributed by atoms with van der Waals surface area (Å²) < 4.78 is 11.1. The van der Waals surface area contributed by atoms with Crippen LogP contribution in [0.15, 0.2) is 29.3 Å². The molecule has 1 aliphatic heterocycles. The summed E-state index contributed by atoms with van der Waals surface area (Å²) in [6, 6.07) is 7.90. The first-order chi connectivity index (χ1) is 15.1. The van der Waals surface area contributed by atoms with E-state index in [0.29, 0.717) is 18.6 Å². The van der Waals surface area contributed by atoms with Gasteiger partial charge in [-0.25, -0.2) is 0 Å². The Balaban J connectivity index is 1.48. The second kappa shape index (κ2) is 12.1. The highest BCUT2D eigenvalue weighted by molar-refractivity contribution is 5.94. The molecular formula is C24H38N4O3. The summed E-state index contributed by atoms with van der Waals surface area (Å²) >= 11 is 0. The molecule has 172 valence electrons. The standard InChI is InChI=1S/C24H38N4O3/c1-3-30-15-13-24(11-4-5-12-24)18-27-23(25-2)26-17-19-8-6-9-20(16-19)28-22(29)21-10-7-14-31-21/h6,8-9,16,21H,3-5,7,10-15,17-18H2,1-2H3,(H,28,29)(H2,25,26,27). The minimum atomic E-state index is -0.324. The molecule has 1 aliphatic carbocycles. The number of anilines is 1. The lowest BCUT2D eigenvalue weighted by Gasteiger charge is -2.30. The number of guanidine groups is 1. The summed E-state index contributed by atoms with van der Waals surface area (Å²) in [5, 5.41) is 9.90. The van der Waals surface area contributed by atoms with Crippen LogP contribution < -0.4 is 16.0 Å². The van der Waals surface area contributed by atoms with Crippen LogP contribution in [0.5, 0.6) is 0 Å². The van der Waals surface area contributed by atoms with Crippen molar-refractivity contribution >= 4 is 17.6 Å². The Hall–Kier alpha value is -2.12. The van der Waals surface area contributed by atoms with E-state index in [0.717, 1.165) is 56.2 Å². The normalized spacial score (nSPS) is 20.6. The van der Waals surface area contributed by atoms with Crippen molar-refractivity contribution in [3.05, 3.63) is 29.8 Å². The van der Waals surface area contributed by atoms with Crippen molar-refractivity contribution in [1.29, 1.82) is 0 Å². The molecule has 0 aromatic heterocycles. The maximum absolute atomic E-state index is 12.3. The Kier molecular flexibility index (Phi) is 9.15. The number of hydrogen-bond donors (Lipinski definition) is 3. The summed E-state index contributed by atoms with van der Waals surface area (Å²) in [4.78, 5) is 16.7. The van der Waals surface area contributed by atoms with Crippen LogP contribution in [0, 0.1) is 5.41 Å². The fourth-order valence-electron chi connectivity index (χ4n) is 4.52. The molecular weight excluding hydrogens is 392 g/mol. The Morgan fingerprint density at radius 1 is 1.26 bits per heavy atom. The van der Waals surface area contributed by atoms with E-state index in [1.807, 2.05) is 31.2 Å². The van der Waals surface area contributed by atoms with Crippen LogP contribution in [0.4, 0.5) is 5.69 Å². The zero-order chi connectivity index (χ0) is 21.9. The van der Waals surface area contributed by atoms with E-state index in [2.05, 4.69) is 20.9 Å². The maximum Gasteiger partial charge on any atom is 0.253 e. The molecule has 2 aliphatic rings. The monoisotopic (exact) mass is 430 g/mol. The highest BCUT2D eigenvalue weighted by atomic mass is 16.5. The number of benzene rings is 1. The summed E-state index contributed by atoms with van der Waals surface area (Å²) in [6.45, 7) is 5.87. The number of rotatable bonds is 10. The van der Waals surface area contributed by atoms with Crippen LogP contribution in [-0.2, 0) is 20.8 Å². The first kappa shape index (κ1) is 23.5. The highest BCUT2D eigenvalue weighted by Crippen LogP contribution is 2.40. The first-order valence-corrected chi connectivity index (χ1v) is 11.7. The SMILES string of the molecule is CCOCCC1(CNC(=NC)NCc2cccc(NC(=O)C3CCCO3)c2)CCCC1. The number of aliphatic imine (C=N–C) groups is 1. The molecule has 0 spiro atoms. The molecule has 1 saturated heterocycles. The Labute approximate surface area is 186 Å². The minimum absolute atomic E-state index is 0.0611. The third kappa shape index (κ3) is 7.21. The minimum Gasteiger partial charge on any atom is -0.382 e. The molecule has 1 aromatic carbocycles. The average Bonchev–Trinajstić information content (AvgIpc) is 3.47. The molecule has 0 bridgehead atoms. The molecule has 31 heavy (non-hydrogen) atoms. The van der Waals surface area contributed by atoms with Gasteiger partial charge >= 0.3 is 0 Å². The fourth-order valence-corrected chi connectivity index (χ4v) is 4.52. The van der Waals surface area contributed by atoms with E-state index in [1.165, 1.54) is 25.7 Å². The van der Waals surface area contributed by atoms with E-state index in [9.17, 15) is 4.79 Å². The number of carbonyl (C=O) groups is 1. The summed E-state index contributed by atoms with van der Waals surface area (Å²) in [5.74, 6) is 0.741. The number of hydrogen-bond acceptors (Lipinski definition) is 4. The van der Waals surface area contributed by atoms with Gasteiger partial charge in [0.1, 0.15) is 6.10 Å². The molecule has 2 fully saturated rings. The number of carbonyl (C=O) groups excluding carboxylic acids is 1. The molecule has 3 rings (SSSR count). The molecule has 1 saturated carbocycles. The molecule has 0 radical (unpaired) electrons. The third-order valence-corrected chi connectivity index (χ3v) is 6.38. The topological polar surface area (TPSA) is 84.0 Å². The molecule has 1 atom stereocenters. The lowest BCUT2D eigenvalue weighted by atomic mass is 9.83. The number of ether oxygens (including phenoxy) is 2. The maximum atomic E-state index is 12.3. The summed E-state index contributed by atoms with van der Waals surface area (Å²) in [7, 11) is 1.80. The van der Waals surface area contributed by atoms with Gasteiger partial charge in [-0.05, 0) is 62.1 Å². The Morgan fingerprint density at radius 3 is 2.81 bits per heavy atom. The van der Waals surface area contributed by atoms with Crippen LogP contribution in [-0.4, -0.2) is 51.4 Å². The van der Waals surface area contributed by atoms with Gasteiger partial charge in [-0.1, -0.05) is 25.0 Å². The van der Waals surface area contributed by atoms with E-state index >= 15 is 0 Å². The average molecular weight is 431 g/mol. The Morgan fingerprint density at radius 2 is 2.10 bits per heavy atom. The van der Waals surface area contributed by atoms with Crippen LogP contribution >= 0.6 is 0 Å². The largest absolute Gasteiger partial charge is 0.382 e. The molecule has 1 unspecified atom stereocenters. The summed E-state index contributed by atoms with van der Waals surface area (Å²) in [5.41, 5.74) is 2.18. The van der Waals surface area contributed by atoms with E-state index < -0.39 is 0 Å². The molecule has 7 heteroatoms. The van der Waals surface area contributed by atoms with Gasteiger partial charge in [0.15, 0.2) is 5.96 Å². The van der Waals surface area contributed by atoms with Crippen LogP contribution in [0.25, 0.3) is 0 Å². The lowest BCUT2D eigenvalue weighted by Crippen LogP contribution is -2.43. The zero-order valence-corrected chi connectivity index (χ0v) is 19.0. The lowest BCUT2D eigenvalue weighted by molar-refractivity contribution is -0.124. The molecule has 1 amide bonds. The van der Waals surface area contributed by atoms with Gasteiger partial charge in [0.25, 0.3) is 5.91 Å². The van der Waals surface area contributed by atoms with Crippen molar-refractivity contribution in [3.63, 3.8) is 0 Å². The van der Waals surface area contributed by atoms with Crippen LogP contribution in [0.1, 0.15) is 57.4 Å². The van der Waals surface area contributed by atoms with Gasteiger partial charge in [0.05, 0.1) is 0 Å². The number of nitrogens with one attached hydrogen (secondary N) is 3. The predicted molar refractivity (Wildman–Crippen MR) is 124 cm³/mol. The van der Waals surface area contributed by atoms with Crippen LogP contribution in [0.3, 0.4) is 0 Å². The van der Waals surface area contributed by atoms with E-state index in [1.54, 1.807) is 7.05 Å². The zero-order valence-electron chi connectivity index (χ0n) is 19.0. The molecule has 7 nitrogen and oxygen atoms in total. The van der Waals surface area contributed by atoms with Crippen molar-refractivity contribution in [2.75, 3.05) is 38.7 Å². The van der Waals surface area contributed by atoms with Crippen molar-refractivity contribution in [2.45, 2.75) is 64.5 Å². The van der Waals surface area contributed by atoms with E-state index in [-0.39, 0.29) is 12.0 Å². The second-order valence-corrected chi connectivity index (χ2v) is 8.62. The van der Waals surface area contributed by atoms with Gasteiger partial charge in [-0.3, -0.25) is 9.79 Å². The molecule has 1 heterocycles. The molecule has 3 N–H and O–H groups in total. The van der Waals surface area contributed by atoms with Crippen molar-refractivity contribution < 1.29 is 14.3 Å². The third-order valence-electron chi connectivity index (χ3n) is 6.38. The van der Waals surface area contributed by atoms with Gasteiger partial charge in [-0.15, -0.1) is 0 Å². The van der Waals surface area contributed by atoms with Gasteiger partial charge < -0.3 is 25.4 Å². The molecule has 1 aromatic rings. The van der Waals surface area contributed by atoms with Gasteiger partial charge in [0, 0.05) is 45.6 Å². The van der Waals surface area contributed by atoms with E-state index in [4.69, 9.17) is 9.47 Å². The van der Waals surface area contributed by atoms with Crippen LogP contribution in [0.2, 0.25) is 0 Å².